The molecule has 0 amide bonds. The van der Waals surface area contributed by atoms with Crippen LogP contribution in [0.15, 0.2) is 0 Å². The zero-order valence-corrected chi connectivity index (χ0v) is 64.8. The van der Waals surface area contributed by atoms with E-state index in [0.29, 0.717) is 31.6 Å². The van der Waals surface area contributed by atoms with Gasteiger partial charge in [0.15, 0.2) is 12.2 Å². The first-order chi connectivity index (χ1) is 46.1. The lowest BCUT2D eigenvalue weighted by Gasteiger charge is -2.21. The molecular formula is C77H150O17P2. The third kappa shape index (κ3) is 69.2. The third-order valence-electron chi connectivity index (χ3n) is 18.2. The van der Waals surface area contributed by atoms with Crippen LogP contribution in [0.1, 0.15) is 389 Å². The van der Waals surface area contributed by atoms with Crippen molar-refractivity contribution in [2.24, 2.45) is 23.7 Å². The molecule has 17 nitrogen and oxygen atoms in total. The van der Waals surface area contributed by atoms with Gasteiger partial charge in [-0.2, -0.15) is 0 Å². The van der Waals surface area contributed by atoms with Gasteiger partial charge in [0.2, 0.25) is 0 Å². The van der Waals surface area contributed by atoms with Gasteiger partial charge in [0, 0.05) is 25.7 Å². The lowest BCUT2D eigenvalue weighted by atomic mass is 9.99. The Labute approximate surface area is 588 Å². The van der Waals surface area contributed by atoms with Gasteiger partial charge in [0.1, 0.15) is 19.3 Å². The smallest absolute Gasteiger partial charge is 0.462 e. The fourth-order valence-corrected chi connectivity index (χ4v) is 13.3. The molecule has 570 valence electrons. The first-order valence-corrected chi connectivity index (χ1v) is 42.7. The Bertz CT molecular complexity index is 1890. The SMILES string of the molecule is CCC(C)CCCCCCCCCCCCC(=O)O[C@H](COC(=O)CCCCCCCCCC(C)C)COP(=O)(O)OCC(O)COP(=O)(O)OC[C@@H](COC(=O)CCCCCCCCCCCCCCCCCCC(C)C)OC(=O)CCCCCCCCCCCCC(C)C. The Hall–Kier alpha value is -1.94. The zero-order valence-electron chi connectivity index (χ0n) is 63.0. The van der Waals surface area contributed by atoms with Gasteiger partial charge in [-0.1, -0.05) is 338 Å². The van der Waals surface area contributed by atoms with Crippen molar-refractivity contribution in [3.8, 4) is 0 Å². The molecule has 0 saturated heterocycles. The van der Waals surface area contributed by atoms with E-state index in [4.69, 9.17) is 37.0 Å². The third-order valence-corrected chi connectivity index (χ3v) is 20.1. The van der Waals surface area contributed by atoms with E-state index in [1.807, 2.05) is 0 Å². The quantitative estimate of drug-likeness (QED) is 0.0222. The number of esters is 4. The summed E-state index contributed by atoms with van der Waals surface area (Å²) in [6.07, 6.45) is 51.4. The highest BCUT2D eigenvalue weighted by Gasteiger charge is 2.30. The van der Waals surface area contributed by atoms with Gasteiger partial charge in [-0.05, 0) is 49.4 Å². The number of carbonyl (C=O) groups excluding carboxylic acids is 4. The number of hydrogen-bond acceptors (Lipinski definition) is 15. The molecule has 96 heavy (non-hydrogen) atoms. The minimum atomic E-state index is -4.96. The molecule has 0 bridgehead atoms. The zero-order chi connectivity index (χ0) is 71.0. The summed E-state index contributed by atoms with van der Waals surface area (Å²) < 4.78 is 68.5. The molecule has 0 aliphatic carbocycles. The number of rotatable bonds is 74. The molecule has 0 aliphatic rings. The molecule has 0 aliphatic heterocycles. The van der Waals surface area contributed by atoms with Crippen LogP contribution < -0.4 is 0 Å². The second kappa shape index (κ2) is 66.3. The molecule has 0 aromatic carbocycles. The summed E-state index contributed by atoms with van der Waals surface area (Å²) in [6, 6.07) is 0. The molecule has 0 saturated carbocycles. The fourth-order valence-electron chi connectivity index (χ4n) is 11.7. The number of ether oxygens (including phenoxy) is 4. The topological polar surface area (TPSA) is 237 Å². The van der Waals surface area contributed by atoms with Crippen LogP contribution in [-0.4, -0.2) is 96.7 Å². The Morgan fingerprint density at radius 1 is 0.292 bits per heavy atom. The molecule has 0 aromatic rings. The summed E-state index contributed by atoms with van der Waals surface area (Å²) >= 11 is 0. The van der Waals surface area contributed by atoms with Crippen LogP contribution >= 0.6 is 15.6 Å². The number of aliphatic hydroxyl groups excluding tert-OH is 1. The Morgan fingerprint density at radius 2 is 0.500 bits per heavy atom. The molecule has 3 N–H and O–H groups in total. The highest BCUT2D eigenvalue weighted by atomic mass is 31.2. The number of hydrogen-bond donors (Lipinski definition) is 3. The number of phosphoric acid groups is 2. The largest absolute Gasteiger partial charge is 0.472 e. The highest BCUT2D eigenvalue weighted by Crippen LogP contribution is 2.45. The fraction of sp³-hybridized carbons (Fsp3) is 0.948. The van der Waals surface area contributed by atoms with Gasteiger partial charge in [0.25, 0.3) is 0 Å². The van der Waals surface area contributed by atoms with Crippen molar-refractivity contribution < 1.29 is 80.2 Å². The molecule has 0 rings (SSSR count). The van der Waals surface area contributed by atoms with Gasteiger partial charge in [-0.3, -0.25) is 37.3 Å². The summed E-state index contributed by atoms with van der Waals surface area (Å²) in [5, 5.41) is 10.6. The standard InChI is InChI=1S/C77H150O17P2/c1-9-70(8)56-48-40-32-24-19-21-27-35-44-52-60-77(82)94-73(64-88-75(80)58-50-42-36-28-31-39-47-55-69(6)7)66-92-96(85,86)90-62-71(78)61-89-95(83,84)91-65-72(93-76(81)59-51-43-34-26-20-18-23-30-38-46-54-68(4)5)63-87-74(79)57-49-41-33-25-17-15-13-11-10-12-14-16-22-29-37-45-53-67(2)3/h67-73,78H,9-66H2,1-8H3,(H,83,84)(H,85,86)/t70?,71?,72-,73-/m1/s1. The van der Waals surface area contributed by atoms with E-state index < -0.39 is 97.5 Å². The van der Waals surface area contributed by atoms with E-state index in [1.54, 1.807) is 0 Å². The van der Waals surface area contributed by atoms with Crippen LogP contribution in [0.3, 0.4) is 0 Å². The van der Waals surface area contributed by atoms with E-state index >= 15 is 0 Å². The van der Waals surface area contributed by atoms with Crippen molar-refractivity contribution in [1.82, 2.24) is 0 Å². The van der Waals surface area contributed by atoms with Crippen LogP contribution in [0.4, 0.5) is 0 Å². The molecule has 0 spiro atoms. The maximum Gasteiger partial charge on any atom is 0.472 e. The maximum absolute atomic E-state index is 13.1. The van der Waals surface area contributed by atoms with Crippen LogP contribution in [0.5, 0.6) is 0 Å². The van der Waals surface area contributed by atoms with Crippen molar-refractivity contribution in [3.05, 3.63) is 0 Å². The van der Waals surface area contributed by atoms with E-state index in [0.717, 1.165) is 114 Å². The molecular weight excluding hydrogens is 1260 g/mol. The van der Waals surface area contributed by atoms with Gasteiger partial charge >= 0.3 is 39.5 Å². The van der Waals surface area contributed by atoms with E-state index in [-0.39, 0.29) is 25.7 Å². The second-order valence-corrected chi connectivity index (χ2v) is 32.3. The minimum Gasteiger partial charge on any atom is -0.462 e. The molecule has 6 atom stereocenters. The number of carbonyl (C=O) groups is 4. The minimum absolute atomic E-state index is 0.105. The average Bonchev–Trinajstić information content (AvgIpc) is 1.38. The van der Waals surface area contributed by atoms with Crippen molar-refractivity contribution in [2.75, 3.05) is 39.6 Å². The summed E-state index contributed by atoms with van der Waals surface area (Å²) in [7, 11) is -9.91. The van der Waals surface area contributed by atoms with Crippen molar-refractivity contribution in [1.29, 1.82) is 0 Å². The Kier molecular flexibility index (Phi) is 65.0. The summed E-state index contributed by atoms with van der Waals surface area (Å²) in [4.78, 5) is 72.8. The van der Waals surface area contributed by atoms with Crippen molar-refractivity contribution >= 4 is 39.5 Å². The molecule has 0 heterocycles. The molecule has 0 radical (unpaired) electrons. The van der Waals surface area contributed by atoms with Crippen LogP contribution in [0.25, 0.3) is 0 Å². The predicted molar refractivity (Wildman–Crippen MR) is 391 cm³/mol. The van der Waals surface area contributed by atoms with Gasteiger partial charge in [0.05, 0.1) is 26.4 Å². The van der Waals surface area contributed by atoms with E-state index in [1.165, 1.54) is 186 Å². The monoisotopic (exact) mass is 1410 g/mol. The molecule has 0 fully saturated rings. The first kappa shape index (κ1) is 94.1. The number of aliphatic hydroxyl groups is 1. The number of phosphoric ester groups is 2. The summed E-state index contributed by atoms with van der Waals surface area (Å²) in [5.41, 5.74) is 0. The van der Waals surface area contributed by atoms with E-state index in [9.17, 15) is 43.2 Å². The van der Waals surface area contributed by atoms with Crippen molar-refractivity contribution in [2.45, 2.75) is 408 Å². The van der Waals surface area contributed by atoms with Gasteiger partial charge < -0.3 is 33.8 Å². The lowest BCUT2D eigenvalue weighted by molar-refractivity contribution is -0.161. The highest BCUT2D eigenvalue weighted by molar-refractivity contribution is 7.47. The second-order valence-electron chi connectivity index (χ2n) is 29.4. The van der Waals surface area contributed by atoms with Crippen molar-refractivity contribution in [3.63, 3.8) is 0 Å². The van der Waals surface area contributed by atoms with Crippen LogP contribution in [0.2, 0.25) is 0 Å². The normalized spacial score (nSPS) is 14.4. The predicted octanol–water partition coefficient (Wildman–Crippen LogP) is 22.4. The summed E-state index contributed by atoms with van der Waals surface area (Å²) in [5.74, 6) is 0.952. The van der Waals surface area contributed by atoms with Crippen LogP contribution in [-0.2, 0) is 65.4 Å². The van der Waals surface area contributed by atoms with E-state index in [2.05, 4.69) is 55.4 Å². The number of unbranched alkanes of at least 4 members (excludes halogenated alkanes) is 39. The molecule has 19 heteroatoms. The Morgan fingerprint density at radius 3 is 0.740 bits per heavy atom. The first-order valence-electron chi connectivity index (χ1n) is 39.7. The average molecular weight is 1410 g/mol. The lowest BCUT2D eigenvalue weighted by Crippen LogP contribution is -2.30. The molecule has 4 unspecified atom stereocenters. The van der Waals surface area contributed by atoms with Crippen LogP contribution in [0, 0.1) is 23.7 Å². The molecule has 0 aromatic heterocycles. The Balaban J connectivity index is 5.22. The van der Waals surface area contributed by atoms with Gasteiger partial charge in [-0.25, -0.2) is 9.13 Å². The van der Waals surface area contributed by atoms with Gasteiger partial charge in [-0.15, -0.1) is 0 Å². The maximum atomic E-state index is 13.1. The summed E-state index contributed by atoms with van der Waals surface area (Å²) in [6.45, 7) is 14.2.